The van der Waals surface area contributed by atoms with Crippen molar-refractivity contribution in [3.63, 3.8) is 0 Å². The van der Waals surface area contributed by atoms with Crippen LogP contribution in [0.25, 0.3) is 11.1 Å². The Morgan fingerprint density at radius 1 is 1.13 bits per heavy atom. The zero-order chi connectivity index (χ0) is 16.6. The predicted octanol–water partition coefficient (Wildman–Crippen LogP) is 4.58. The number of rotatable bonds is 1. The van der Waals surface area contributed by atoms with Crippen LogP contribution < -0.4 is 5.32 Å². The van der Waals surface area contributed by atoms with Crippen LogP contribution in [0.4, 0.5) is 20.2 Å². The Kier molecular flexibility index (Phi) is 3.81. The van der Waals surface area contributed by atoms with Gasteiger partial charge in [-0.05, 0) is 21.5 Å². The minimum Gasteiger partial charge on any atom is -0.347 e. The standard InChI is InChI=1S/C16H7BrF2N4/c17-12-10(7-21)9(6-20)11(8-4-2-1-3-5-8)13-14(12)23-16(19)15(18)22-13/h1-5,15,22H. The zero-order valence-corrected chi connectivity index (χ0v) is 13.0. The Bertz CT molecular complexity index is 911. The van der Waals surface area contributed by atoms with E-state index in [1.54, 1.807) is 30.3 Å². The summed E-state index contributed by atoms with van der Waals surface area (Å²) in [6.07, 6.45) is -2.10. The largest absolute Gasteiger partial charge is 0.347 e. The van der Waals surface area contributed by atoms with E-state index < -0.39 is 12.3 Å². The maximum Gasteiger partial charge on any atom is 0.245 e. The Morgan fingerprint density at radius 2 is 1.78 bits per heavy atom. The first-order valence-corrected chi connectivity index (χ1v) is 7.27. The van der Waals surface area contributed by atoms with Gasteiger partial charge in [-0.1, -0.05) is 30.3 Å². The molecule has 0 spiro atoms. The fraction of sp³-hybridized carbons (Fsp3) is 0.0625. The lowest BCUT2D eigenvalue weighted by atomic mass is 9.93. The molecule has 0 saturated heterocycles. The molecule has 1 aliphatic heterocycles. The number of nitrogens with zero attached hydrogens (tertiary/aromatic N) is 3. The summed E-state index contributed by atoms with van der Waals surface area (Å²) in [6.45, 7) is 0. The normalized spacial score (nSPS) is 15.7. The summed E-state index contributed by atoms with van der Waals surface area (Å²) in [7, 11) is 0. The van der Waals surface area contributed by atoms with Gasteiger partial charge in [0.1, 0.15) is 17.8 Å². The molecule has 1 atom stereocenters. The Labute approximate surface area is 138 Å². The summed E-state index contributed by atoms with van der Waals surface area (Å²) in [6, 6.07) is 12.6. The molecule has 0 aliphatic carbocycles. The number of hydrogen-bond donors (Lipinski definition) is 1. The van der Waals surface area contributed by atoms with Crippen LogP contribution >= 0.6 is 15.9 Å². The van der Waals surface area contributed by atoms with Gasteiger partial charge in [-0.25, -0.2) is 9.38 Å². The first kappa shape index (κ1) is 15.1. The second-order valence-corrected chi connectivity index (χ2v) is 5.49. The van der Waals surface area contributed by atoms with Crippen LogP contribution in [-0.2, 0) is 0 Å². The quantitative estimate of drug-likeness (QED) is 0.744. The van der Waals surface area contributed by atoms with Gasteiger partial charge in [0.25, 0.3) is 0 Å². The fourth-order valence-corrected chi connectivity index (χ4v) is 2.99. The number of halogens is 3. The average Bonchev–Trinajstić information content (AvgIpc) is 2.57. The third-order valence-corrected chi connectivity index (χ3v) is 4.17. The van der Waals surface area contributed by atoms with Gasteiger partial charge in [-0.2, -0.15) is 14.9 Å². The second-order valence-electron chi connectivity index (χ2n) is 4.69. The van der Waals surface area contributed by atoms with Gasteiger partial charge >= 0.3 is 0 Å². The molecule has 1 unspecified atom stereocenters. The summed E-state index contributed by atoms with van der Waals surface area (Å²) >= 11 is 3.16. The van der Waals surface area contributed by atoms with Gasteiger partial charge in [0.2, 0.25) is 12.3 Å². The Hall–Kier alpha value is -2.77. The molecular weight excluding hydrogens is 366 g/mol. The van der Waals surface area contributed by atoms with Crippen molar-refractivity contribution < 1.29 is 8.78 Å². The highest BCUT2D eigenvalue weighted by Gasteiger charge is 2.30. The Balaban J connectivity index is 2.47. The smallest absolute Gasteiger partial charge is 0.245 e. The number of nitrogens with one attached hydrogen (secondary N) is 1. The van der Waals surface area contributed by atoms with E-state index in [0.717, 1.165) is 0 Å². The molecule has 7 heteroatoms. The van der Waals surface area contributed by atoms with Crippen LogP contribution in [0.3, 0.4) is 0 Å². The third-order valence-electron chi connectivity index (χ3n) is 3.40. The van der Waals surface area contributed by atoms with Crippen molar-refractivity contribution in [2.75, 3.05) is 5.32 Å². The molecule has 1 aliphatic rings. The van der Waals surface area contributed by atoms with E-state index >= 15 is 0 Å². The number of nitriles is 2. The summed E-state index contributed by atoms with van der Waals surface area (Å²) in [4.78, 5) is 3.60. The van der Waals surface area contributed by atoms with Crippen molar-refractivity contribution in [1.29, 1.82) is 10.5 Å². The van der Waals surface area contributed by atoms with Crippen molar-refractivity contribution in [3.05, 3.63) is 45.9 Å². The van der Waals surface area contributed by atoms with Crippen molar-refractivity contribution in [2.45, 2.75) is 6.30 Å². The van der Waals surface area contributed by atoms with Gasteiger partial charge in [-0.15, -0.1) is 0 Å². The molecule has 0 radical (unpaired) electrons. The summed E-state index contributed by atoms with van der Waals surface area (Å²) < 4.78 is 27.4. The van der Waals surface area contributed by atoms with Crippen molar-refractivity contribution >= 4 is 33.3 Å². The third kappa shape index (κ3) is 2.36. The number of alkyl halides is 1. The zero-order valence-electron chi connectivity index (χ0n) is 11.4. The molecule has 1 heterocycles. The molecule has 23 heavy (non-hydrogen) atoms. The highest BCUT2D eigenvalue weighted by atomic mass is 79.9. The van der Waals surface area contributed by atoms with Crippen LogP contribution in [0.1, 0.15) is 11.1 Å². The van der Waals surface area contributed by atoms with E-state index in [1.165, 1.54) is 0 Å². The van der Waals surface area contributed by atoms with Crippen molar-refractivity contribution in [2.24, 2.45) is 4.99 Å². The van der Waals surface area contributed by atoms with E-state index in [4.69, 9.17) is 0 Å². The summed E-state index contributed by atoms with van der Waals surface area (Å²) in [5.41, 5.74) is 1.25. The molecule has 0 amide bonds. The monoisotopic (exact) mass is 372 g/mol. The van der Waals surface area contributed by atoms with Crippen LogP contribution in [0.5, 0.6) is 0 Å². The SMILES string of the molecule is N#Cc1c(Br)c2c(c(-c3ccccc3)c1C#N)NC(F)C(F)=N2. The minimum atomic E-state index is -2.10. The minimum absolute atomic E-state index is 0.0285. The van der Waals surface area contributed by atoms with Crippen LogP contribution in [0.15, 0.2) is 39.8 Å². The Morgan fingerprint density at radius 3 is 2.39 bits per heavy atom. The lowest BCUT2D eigenvalue weighted by Crippen LogP contribution is -2.25. The first-order chi connectivity index (χ1) is 11.1. The molecule has 0 bridgehead atoms. The molecule has 4 nitrogen and oxygen atoms in total. The molecule has 2 aromatic carbocycles. The van der Waals surface area contributed by atoms with Gasteiger partial charge in [0.15, 0.2) is 0 Å². The maximum absolute atomic E-state index is 13.7. The highest BCUT2D eigenvalue weighted by Crippen LogP contribution is 2.48. The van der Waals surface area contributed by atoms with Crippen LogP contribution in [0.2, 0.25) is 0 Å². The van der Waals surface area contributed by atoms with Crippen molar-refractivity contribution in [1.82, 2.24) is 0 Å². The van der Waals surface area contributed by atoms with E-state index in [9.17, 15) is 19.3 Å². The number of fused-ring (bicyclic) bond motifs is 1. The van der Waals surface area contributed by atoms with E-state index in [1.807, 2.05) is 12.1 Å². The molecular formula is C16H7BrF2N4. The van der Waals surface area contributed by atoms with E-state index in [-0.39, 0.29) is 27.0 Å². The second kappa shape index (κ2) is 5.79. The maximum atomic E-state index is 13.7. The van der Waals surface area contributed by atoms with Crippen LogP contribution in [0, 0.1) is 22.7 Å². The molecule has 2 aromatic rings. The number of anilines is 1. The summed E-state index contributed by atoms with van der Waals surface area (Å²) in [5, 5.41) is 21.2. The number of hydrogen-bond acceptors (Lipinski definition) is 4. The first-order valence-electron chi connectivity index (χ1n) is 6.48. The van der Waals surface area contributed by atoms with Crippen LogP contribution in [-0.4, -0.2) is 12.3 Å². The molecule has 0 aromatic heterocycles. The number of aliphatic imine (C=N–C) groups is 1. The van der Waals surface area contributed by atoms with Crippen molar-refractivity contribution in [3.8, 4) is 23.3 Å². The average molecular weight is 373 g/mol. The number of benzene rings is 2. The van der Waals surface area contributed by atoms with E-state index in [2.05, 4.69) is 26.2 Å². The molecule has 0 fully saturated rings. The topological polar surface area (TPSA) is 72.0 Å². The molecule has 3 rings (SSSR count). The van der Waals surface area contributed by atoms with Gasteiger partial charge in [-0.3, -0.25) is 0 Å². The molecule has 1 N–H and O–H groups in total. The lowest BCUT2D eigenvalue weighted by molar-refractivity contribution is 0.434. The van der Waals surface area contributed by atoms with Gasteiger partial charge in [0.05, 0.1) is 21.3 Å². The molecule has 0 saturated carbocycles. The summed E-state index contributed by atoms with van der Waals surface area (Å²) in [5.74, 6) is -1.23. The van der Waals surface area contributed by atoms with Gasteiger partial charge < -0.3 is 5.32 Å². The lowest BCUT2D eigenvalue weighted by Gasteiger charge is -2.23. The van der Waals surface area contributed by atoms with E-state index in [0.29, 0.717) is 11.1 Å². The highest BCUT2D eigenvalue weighted by molar-refractivity contribution is 9.10. The predicted molar refractivity (Wildman–Crippen MR) is 85.7 cm³/mol. The fourth-order valence-electron chi connectivity index (χ4n) is 2.41. The molecule has 112 valence electrons. The van der Waals surface area contributed by atoms with Gasteiger partial charge in [0, 0.05) is 5.56 Å².